The molecular formula is C17H28N4O. The molecule has 2 fully saturated rings. The van der Waals surface area contributed by atoms with Crippen LogP contribution in [0, 0.1) is 5.92 Å². The fourth-order valence-electron chi connectivity index (χ4n) is 3.62. The fourth-order valence-corrected chi connectivity index (χ4v) is 3.62. The topological polar surface area (TPSA) is 50.2 Å². The molecule has 1 aliphatic heterocycles. The quantitative estimate of drug-likeness (QED) is 0.930. The van der Waals surface area contributed by atoms with Crippen molar-refractivity contribution in [3.63, 3.8) is 0 Å². The summed E-state index contributed by atoms with van der Waals surface area (Å²) in [7, 11) is 1.95. The van der Waals surface area contributed by atoms with Crippen LogP contribution in [-0.4, -0.2) is 39.8 Å². The largest absolute Gasteiger partial charge is 0.336 e. The van der Waals surface area contributed by atoms with E-state index in [0.717, 1.165) is 38.3 Å². The Labute approximate surface area is 133 Å². The maximum atomic E-state index is 12.3. The van der Waals surface area contributed by atoms with Gasteiger partial charge in [-0.2, -0.15) is 5.10 Å². The van der Waals surface area contributed by atoms with Crippen molar-refractivity contribution in [2.24, 2.45) is 13.0 Å². The van der Waals surface area contributed by atoms with E-state index in [4.69, 9.17) is 0 Å². The summed E-state index contributed by atoms with van der Waals surface area (Å²) < 4.78 is 1.86. The average molecular weight is 304 g/mol. The molecule has 2 amide bonds. The first-order valence-electron chi connectivity index (χ1n) is 8.67. The number of amides is 2. The van der Waals surface area contributed by atoms with Crippen LogP contribution in [0.1, 0.15) is 57.1 Å². The Morgan fingerprint density at radius 1 is 1.36 bits per heavy atom. The van der Waals surface area contributed by atoms with Gasteiger partial charge in [0, 0.05) is 38.3 Å². The van der Waals surface area contributed by atoms with Crippen molar-refractivity contribution in [1.29, 1.82) is 0 Å². The first-order valence-corrected chi connectivity index (χ1v) is 8.67. The van der Waals surface area contributed by atoms with E-state index in [1.54, 1.807) is 0 Å². The van der Waals surface area contributed by atoms with E-state index in [-0.39, 0.29) is 6.03 Å². The van der Waals surface area contributed by atoms with E-state index >= 15 is 0 Å². The molecule has 2 heterocycles. The fraction of sp³-hybridized carbons (Fsp3) is 0.765. The predicted molar refractivity (Wildman–Crippen MR) is 86.7 cm³/mol. The minimum atomic E-state index is 0.117. The number of hydrogen-bond acceptors (Lipinski definition) is 2. The number of rotatable bonds is 4. The zero-order chi connectivity index (χ0) is 15.5. The van der Waals surface area contributed by atoms with Crippen molar-refractivity contribution >= 4 is 6.03 Å². The van der Waals surface area contributed by atoms with Gasteiger partial charge >= 0.3 is 6.03 Å². The second kappa shape index (κ2) is 6.71. The summed E-state index contributed by atoms with van der Waals surface area (Å²) in [4.78, 5) is 14.3. The number of nitrogens with zero attached hydrogens (tertiary/aromatic N) is 3. The number of likely N-dealkylation sites (tertiary alicyclic amines) is 1. The number of carbonyl (C=O) groups is 1. The Kier molecular flexibility index (Phi) is 4.69. The normalized spacial score (nSPS) is 21.5. The van der Waals surface area contributed by atoms with Crippen LogP contribution in [0.5, 0.6) is 0 Å². The van der Waals surface area contributed by atoms with Gasteiger partial charge in [0.1, 0.15) is 0 Å². The number of carbonyl (C=O) groups excluding carboxylic acids is 1. The molecule has 1 atom stereocenters. The Bertz CT molecular complexity index is 501. The standard InChI is InChI=1S/C17H28N4O/c1-13(12-14-4-3-5-14)18-17(22)21-10-6-15(7-11-21)16-8-9-20(2)19-16/h8-9,13-15H,3-7,10-12H2,1-2H3,(H,18,22). The lowest BCUT2D eigenvalue weighted by Crippen LogP contribution is -2.47. The number of nitrogens with one attached hydrogen (secondary N) is 1. The lowest BCUT2D eigenvalue weighted by molar-refractivity contribution is 0.173. The average Bonchev–Trinajstić information content (AvgIpc) is 2.90. The Balaban J connectivity index is 1.43. The second-order valence-corrected chi connectivity index (χ2v) is 7.06. The van der Waals surface area contributed by atoms with Gasteiger partial charge in [-0.3, -0.25) is 4.68 Å². The number of urea groups is 1. The van der Waals surface area contributed by atoms with Gasteiger partial charge in [0.05, 0.1) is 5.69 Å². The van der Waals surface area contributed by atoms with Crippen LogP contribution in [0.4, 0.5) is 4.79 Å². The van der Waals surface area contributed by atoms with Crippen LogP contribution in [0.3, 0.4) is 0 Å². The van der Waals surface area contributed by atoms with Crippen molar-refractivity contribution in [1.82, 2.24) is 20.0 Å². The van der Waals surface area contributed by atoms with Crippen molar-refractivity contribution < 1.29 is 4.79 Å². The van der Waals surface area contributed by atoms with E-state index in [2.05, 4.69) is 23.4 Å². The molecule has 3 rings (SSSR count). The van der Waals surface area contributed by atoms with Gasteiger partial charge in [-0.1, -0.05) is 19.3 Å². The third-order valence-electron chi connectivity index (χ3n) is 5.22. The molecule has 1 N–H and O–H groups in total. The summed E-state index contributed by atoms with van der Waals surface area (Å²) in [5, 5.41) is 7.67. The molecule has 0 spiro atoms. The molecule has 1 aliphatic carbocycles. The highest BCUT2D eigenvalue weighted by molar-refractivity contribution is 5.74. The molecule has 122 valence electrons. The highest BCUT2D eigenvalue weighted by atomic mass is 16.2. The monoisotopic (exact) mass is 304 g/mol. The predicted octanol–water partition coefficient (Wildman–Crippen LogP) is 2.89. The highest BCUT2D eigenvalue weighted by Crippen LogP contribution is 2.30. The molecule has 1 saturated carbocycles. The molecule has 1 aromatic rings. The van der Waals surface area contributed by atoms with Crippen molar-refractivity contribution in [3.05, 3.63) is 18.0 Å². The zero-order valence-corrected chi connectivity index (χ0v) is 13.8. The summed E-state index contributed by atoms with van der Waals surface area (Å²) in [5.41, 5.74) is 1.17. The van der Waals surface area contributed by atoms with Crippen LogP contribution in [-0.2, 0) is 7.05 Å². The summed E-state index contributed by atoms with van der Waals surface area (Å²) in [6, 6.07) is 2.51. The van der Waals surface area contributed by atoms with Gasteiger partial charge in [0.15, 0.2) is 0 Å². The van der Waals surface area contributed by atoms with Crippen LogP contribution in [0.25, 0.3) is 0 Å². The number of aryl methyl sites for hydroxylation is 1. The van der Waals surface area contributed by atoms with Crippen molar-refractivity contribution in [2.45, 2.75) is 57.4 Å². The maximum Gasteiger partial charge on any atom is 0.317 e. The van der Waals surface area contributed by atoms with E-state index in [1.165, 1.54) is 25.0 Å². The third kappa shape index (κ3) is 3.62. The molecule has 5 heteroatoms. The lowest BCUT2D eigenvalue weighted by atomic mass is 9.81. The summed E-state index contributed by atoms with van der Waals surface area (Å²) in [6.45, 7) is 3.81. The van der Waals surface area contributed by atoms with E-state index in [0.29, 0.717) is 12.0 Å². The van der Waals surface area contributed by atoms with Gasteiger partial charge in [-0.25, -0.2) is 4.79 Å². The number of aromatic nitrogens is 2. The number of piperidine rings is 1. The molecular weight excluding hydrogens is 276 g/mol. The van der Waals surface area contributed by atoms with Crippen LogP contribution >= 0.6 is 0 Å². The Morgan fingerprint density at radius 2 is 2.09 bits per heavy atom. The van der Waals surface area contributed by atoms with E-state index in [9.17, 15) is 4.79 Å². The van der Waals surface area contributed by atoms with E-state index < -0.39 is 0 Å². The summed E-state index contributed by atoms with van der Waals surface area (Å²) in [5.74, 6) is 1.34. The molecule has 2 aliphatic rings. The molecule has 0 aromatic carbocycles. The summed E-state index contributed by atoms with van der Waals surface area (Å²) >= 11 is 0. The minimum Gasteiger partial charge on any atom is -0.336 e. The van der Waals surface area contributed by atoms with Gasteiger partial charge in [0.25, 0.3) is 0 Å². The molecule has 1 unspecified atom stereocenters. The lowest BCUT2D eigenvalue weighted by Gasteiger charge is -2.33. The SMILES string of the molecule is CC(CC1CCC1)NC(=O)N1CCC(c2ccn(C)n2)CC1. The zero-order valence-electron chi connectivity index (χ0n) is 13.8. The van der Waals surface area contributed by atoms with Crippen molar-refractivity contribution in [2.75, 3.05) is 13.1 Å². The first-order chi connectivity index (χ1) is 10.6. The third-order valence-corrected chi connectivity index (χ3v) is 5.22. The van der Waals surface area contributed by atoms with Gasteiger partial charge in [-0.15, -0.1) is 0 Å². The Hall–Kier alpha value is -1.52. The highest BCUT2D eigenvalue weighted by Gasteiger charge is 2.26. The first kappa shape index (κ1) is 15.4. The molecule has 1 aromatic heterocycles. The minimum absolute atomic E-state index is 0.117. The maximum absolute atomic E-state index is 12.3. The summed E-state index contributed by atoms with van der Waals surface area (Å²) in [6.07, 6.45) is 9.22. The number of hydrogen-bond donors (Lipinski definition) is 1. The smallest absolute Gasteiger partial charge is 0.317 e. The van der Waals surface area contributed by atoms with Crippen LogP contribution in [0.15, 0.2) is 12.3 Å². The van der Waals surface area contributed by atoms with Crippen molar-refractivity contribution in [3.8, 4) is 0 Å². The molecule has 5 nitrogen and oxygen atoms in total. The van der Waals surface area contributed by atoms with Crippen LogP contribution < -0.4 is 5.32 Å². The van der Waals surface area contributed by atoms with E-state index in [1.807, 2.05) is 22.8 Å². The molecule has 22 heavy (non-hydrogen) atoms. The molecule has 0 bridgehead atoms. The second-order valence-electron chi connectivity index (χ2n) is 7.06. The van der Waals surface area contributed by atoms with Crippen LogP contribution in [0.2, 0.25) is 0 Å². The Morgan fingerprint density at radius 3 is 2.64 bits per heavy atom. The van der Waals surface area contributed by atoms with Gasteiger partial charge in [-0.05, 0) is 38.2 Å². The molecule has 0 radical (unpaired) electrons. The molecule has 1 saturated heterocycles. The van der Waals surface area contributed by atoms with Gasteiger partial charge in [0.2, 0.25) is 0 Å². The van der Waals surface area contributed by atoms with Gasteiger partial charge < -0.3 is 10.2 Å².